The number of rotatable bonds is 5. The molecule has 20 heavy (non-hydrogen) atoms. The predicted octanol–water partition coefficient (Wildman–Crippen LogP) is 3.05. The summed E-state index contributed by atoms with van der Waals surface area (Å²) in [6.07, 6.45) is -4.69. The zero-order valence-electron chi connectivity index (χ0n) is 11.6. The molecule has 0 fully saturated rings. The lowest BCUT2D eigenvalue weighted by molar-refractivity contribution is -0.153. The zero-order chi connectivity index (χ0) is 15.4. The minimum Gasteiger partial charge on any atom is -0.507 e. The van der Waals surface area contributed by atoms with Crippen LogP contribution in [0.2, 0.25) is 0 Å². The van der Waals surface area contributed by atoms with E-state index >= 15 is 0 Å². The Morgan fingerprint density at radius 1 is 1.30 bits per heavy atom. The van der Waals surface area contributed by atoms with Crippen LogP contribution in [0.4, 0.5) is 8.78 Å². The first-order valence-corrected chi connectivity index (χ1v) is 6.29. The second kappa shape index (κ2) is 6.65. The Balaban J connectivity index is 3.33. The van der Waals surface area contributed by atoms with Crippen LogP contribution in [0, 0.1) is 0 Å². The van der Waals surface area contributed by atoms with Gasteiger partial charge >= 0.3 is 5.97 Å². The molecule has 0 spiro atoms. The Bertz CT molecular complexity index is 486. The van der Waals surface area contributed by atoms with E-state index < -0.39 is 29.8 Å². The van der Waals surface area contributed by atoms with Crippen LogP contribution in [-0.4, -0.2) is 22.8 Å². The molecule has 0 aliphatic heterocycles. The maximum absolute atomic E-state index is 12.9. The van der Waals surface area contributed by atoms with Crippen molar-refractivity contribution in [2.45, 2.75) is 39.2 Å². The van der Waals surface area contributed by atoms with Crippen LogP contribution in [0.3, 0.4) is 0 Å². The van der Waals surface area contributed by atoms with Gasteiger partial charge in [-0.15, -0.1) is 0 Å². The average molecular weight is 288 g/mol. The van der Waals surface area contributed by atoms with Gasteiger partial charge in [0, 0.05) is 5.56 Å². The van der Waals surface area contributed by atoms with Crippen molar-refractivity contribution in [2.24, 2.45) is 0 Å². The lowest BCUT2D eigenvalue weighted by Crippen LogP contribution is -2.16. The predicted molar refractivity (Wildman–Crippen MR) is 68.7 cm³/mol. The molecule has 2 N–H and O–H groups in total. The Hall–Kier alpha value is -1.69. The Morgan fingerprint density at radius 3 is 2.30 bits per heavy atom. The van der Waals surface area contributed by atoms with Crippen molar-refractivity contribution in [1.29, 1.82) is 0 Å². The molecule has 0 saturated carbocycles. The summed E-state index contributed by atoms with van der Waals surface area (Å²) in [4.78, 5) is 11.5. The van der Waals surface area contributed by atoms with Gasteiger partial charge in [-0.25, -0.2) is 13.6 Å². The van der Waals surface area contributed by atoms with Gasteiger partial charge in [-0.3, -0.25) is 0 Å². The summed E-state index contributed by atoms with van der Waals surface area (Å²) in [6, 6.07) is 2.51. The molecule has 0 aromatic heterocycles. The molecule has 0 amide bonds. The molecule has 0 aliphatic carbocycles. The normalized spacial score (nSPS) is 12.8. The van der Waals surface area contributed by atoms with Crippen molar-refractivity contribution in [3.63, 3.8) is 0 Å². The lowest BCUT2D eigenvalue weighted by atomic mass is 9.94. The summed E-state index contributed by atoms with van der Waals surface area (Å²) in [5, 5.41) is 19.6. The van der Waals surface area contributed by atoms with Gasteiger partial charge in [0.05, 0.1) is 12.2 Å². The van der Waals surface area contributed by atoms with Crippen LogP contribution < -0.4 is 0 Å². The third kappa shape index (κ3) is 3.45. The molecule has 0 aliphatic rings. The molecule has 1 rings (SSSR count). The number of halogens is 2. The molecule has 1 unspecified atom stereocenters. The lowest BCUT2D eigenvalue weighted by Gasteiger charge is -2.17. The molecule has 6 heteroatoms. The molecule has 0 heterocycles. The molecule has 112 valence electrons. The van der Waals surface area contributed by atoms with Crippen molar-refractivity contribution < 1.29 is 28.5 Å². The number of hydrogen-bond acceptors (Lipinski definition) is 4. The summed E-state index contributed by atoms with van der Waals surface area (Å²) < 4.78 is 30.4. The monoisotopic (exact) mass is 288 g/mol. The number of benzene rings is 1. The summed E-state index contributed by atoms with van der Waals surface area (Å²) >= 11 is 0. The van der Waals surface area contributed by atoms with Crippen LogP contribution in [0.5, 0.6) is 5.75 Å². The molecule has 0 radical (unpaired) electrons. The highest BCUT2D eigenvalue weighted by molar-refractivity contribution is 5.77. The largest absolute Gasteiger partial charge is 0.507 e. The van der Waals surface area contributed by atoms with E-state index in [-0.39, 0.29) is 18.1 Å². The molecule has 1 atom stereocenters. The number of aromatic hydroxyl groups is 1. The number of hydrogen-bond donors (Lipinski definition) is 2. The summed E-state index contributed by atoms with van der Waals surface area (Å²) in [5.74, 6) is -1.85. The van der Waals surface area contributed by atoms with E-state index in [1.165, 1.54) is 12.1 Å². The van der Waals surface area contributed by atoms with E-state index in [2.05, 4.69) is 4.74 Å². The van der Waals surface area contributed by atoms with Gasteiger partial charge in [0.25, 0.3) is 6.43 Å². The Labute approximate surface area is 116 Å². The summed E-state index contributed by atoms with van der Waals surface area (Å²) in [7, 11) is 0. The number of phenolic OH excluding ortho intramolecular Hbond substituents is 1. The van der Waals surface area contributed by atoms with Gasteiger partial charge in [-0.1, -0.05) is 13.8 Å². The third-order valence-corrected chi connectivity index (χ3v) is 2.90. The summed E-state index contributed by atoms with van der Waals surface area (Å²) in [6.45, 7) is 5.16. The van der Waals surface area contributed by atoms with Gasteiger partial charge in [0.15, 0.2) is 6.10 Å². The van der Waals surface area contributed by atoms with E-state index in [0.29, 0.717) is 5.56 Å². The van der Waals surface area contributed by atoms with Crippen molar-refractivity contribution >= 4 is 5.97 Å². The van der Waals surface area contributed by atoms with E-state index in [4.69, 9.17) is 0 Å². The number of ether oxygens (including phenoxy) is 1. The standard InChI is InChI=1S/C14H18F2O4/c1-4-20-14(19)12(18)9-5-8(7(2)3)6-10(11(9)17)13(15)16/h5-7,12-13,17-18H,4H2,1-3H3. The van der Waals surface area contributed by atoms with Crippen LogP contribution in [-0.2, 0) is 9.53 Å². The molecule has 1 aromatic carbocycles. The van der Waals surface area contributed by atoms with Crippen molar-refractivity contribution in [3.8, 4) is 5.75 Å². The van der Waals surface area contributed by atoms with E-state index in [1.54, 1.807) is 20.8 Å². The minimum absolute atomic E-state index is 0.0439. The van der Waals surface area contributed by atoms with Crippen molar-refractivity contribution in [2.75, 3.05) is 6.61 Å². The smallest absolute Gasteiger partial charge is 0.339 e. The third-order valence-electron chi connectivity index (χ3n) is 2.90. The molecule has 0 bridgehead atoms. The van der Waals surface area contributed by atoms with Crippen LogP contribution in [0.25, 0.3) is 0 Å². The average Bonchev–Trinajstić information content (AvgIpc) is 2.37. The maximum Gasteiger partial charge on any atom is 0.339 e. The second-order valence-corrected chi connectivity index (χ2v) is 4.66. The fourth-order valence-electron chi connectivity index (χ4n) is 1.76. The summed E-state index contributed by atoms with van der Waals surface area (Å²) in [5.41, 5.74) is -0.365. The van der Waals surface area contributed by atoms with Crippen LogP contribution in [0.1, 0.15) is 55.9 Å². The van der Waals surface area contributed by atoms with Crippen molar-refractivity contribution in [3.05, 3.63) is 28.8 Å². The molecule has 0 saturated heterocycles. The number of aliphatic hydroxyl groups is 1. The van der Waals surface area contributed by atoms with Gasteiger partial charge in [0.2, 0.25) is 0 Å². The van der Waals surface area contributed by atoms with Gasteiger partial charge < -0.3 is 14.9 Å². The topological polar surface area (TPSA) is 66.8 Å². The van der Waals surface area contributed by atoms with E-state index in [1.807, 2.05) is 0 Å². The fourth-order valence-corrected chi connectivity index (χ4v) is 1.76. The molecule has 1 aromatic rings. The highest BCUT2D eigenvalue weighted by Crippen LogP contribution is 2.37. The highest BCUT2D eigenvalue weighted by Gasteiger charge is 2.27. The first-order valence-electron chi connectivity index (χ1n) is 6.29. The van der Waals surface area contributed by atoms with Crippen LogP contribution >= 0.6 is 0 Å². The van der Waals surface area contributed by atoms with E-state index in [9.17, 15) is 23.8 Å². The zero-order valence-corrected chi connectivity index (χ0v) is 11.6. The van der Waals surface area contributed by atoms with Gasteiger partial charge in [0.1, 0.15) is 5.75 Å². The number of esters is 1. The molecule has 4 nitrogen and oxygen atoms in total. The van der Waals surface area contributed by atoms with Gasteiger partial charge in [-0.05, 0) is 30.5 Å². The molecular formula is C14H18F2O4. The Morgan fingerprint density at radius 2 is 1.85 bits per heavy atom. The number of alkyl halides is 2. The number of phenols is 1. The highest BCUT2D eigenvalue weighted by atomic mass is 19.3. The fraction of sp³-hybridized carbons (Fsp3) is 0.500. The maximum atomic E-state index is 12.9. The SMILES string of the molecule is CCOC(=O)C(O)c1cc(C(C)C)cc(C(F)F)c1O. The van der Waals surface area contributed by atoms with Gasteiger partial charge in [-0.2, -0.15) is 0 Å². The van der Waals surface area contributed by atoms with Crippen molar-refractivity contribution in [1.82, 2.24) is 0 Å². The quantitative estimate of drug-likeness (QED) is 0.817. The number of carbonyl (C=O) groups is 1. The van der Waals surface area contributed by atoms with Crippen LogP contribution in [0.15, 0.2) is 12.1 Å². The Kier molecular flexibility index (Phi) is 5.44. The molecular weight excluding hydrogens is 270 g/mol. The second-order valence-electron chi connectivity index (χ2n) is 4.66. The minimum atomic E-state index is -2.90. The number of aliphatic hydroxyl groups excluding tert-OH is 1. The first-order chi connectivity index (χ1) is 9.29. The number of carbonyl (C=O) groups excluding carboxylic acids is 1. The first kappa shape index (κ1) is 16.4. The van der Waals surface area contributed by atoms with E-state index in [0.717, 1.165) is 0 Å².